The lowest BCUT2D eigenvalue weighted by Crippen LogP contribution is -2.33. The van der Waals surface area contributed by atoms with Crippen LogP contribution in [0.1, 0.15) is 12.8 Å². The molecule has 0 bridgehead atoms. The lowest BCUT2D eigenvalue weighted by Gasteiger charge is -2.18. The van der Waals surface area contributed by atoms with Gasteiger partial charge in [-0.15, -0.1) is 0 Å². The first-order valence-corrected chi connectivity index (χ1v) is 5.33. The Labute approximate surface area is 93.1 Å². The van der Waals surface area contributed by atoms with E-state index in [-0.39, 0.29) is 12.2 Å². The monoisotopic (exact) mass is 265 g/mol. The lowest BCUT2D eigenvalue weighted by atomic mass is 10.3. The van der Waals surface area contributed by atoms with Gasteiger partial charge in [0.2, 0.25) is 0 Å². The van der Waals surface area contributed by atoms with Gasteiger partial charge in [0, 0.05) is 6.54 Å². The molecule has 0 rings (SSSR count). The number of thiocarbonyl (C=S) groups is 1. The number of unbranched alkanes of at least 4 members (excludes halogenated alkanes) is 1. The van der Waals surface area contributed by atoms with Gasteiger partial charge in [0.1, 0.15) is 0 Å². The summed E-state index contributed by atoms with van der Waals surface area (Å²) in [4.78, 5) is 3.50. The standard InChI is InChI=1S/C7H8F5NS2/c8-6(9,10)7(11,12)15-4-2-1-3-13-5-14/h1-4H2. The highest BCUT2D eigenvalue weighted by Crippen LogP contribution is 2.44. The van der Waals surface area contributed by atoms with Crippen molar-refractivity contribution in [2.45, 2.75) is 24.3 Å². The number of hydrogen-bond donors (Lipinski definition) is 0. The summed E-state index contributed by atoms with van der Waals surface area (Å²) in [5, 5.41) is -2.59. The van der Waals surface area contributed by atoms with Crippen molar-refractivity contribution in [3.05, 3.63) is 0 Å². The molecule has 1 nitrogen and oxygen atoms in total. The Hall–Kier alpha value is -0.200. The van der Waals surface area contributed by atoms with Gasteiger partial charge in [-0.3, -0.25) is 0 Å². The fraction of sp³-hybridized carbons (Fsp3) is 0.857. The molecule has 0 aromatic heterocycles. The predicted octanol–water partition coefficient (Wildman–Crippen LogP) is 3.76. The van der Waals surface area contributed by atoms with E-state index in [1.165, 1.54) is 0 Å². The zero-order chi connectivity index (χ0) is 11.9. The summed E-state index contributed by atoms with van der Waals surface area (Å²) >= 11 is 3.84. The number of hydrogen-bond acceptors (Lipinski definition) is 3. The van der Waals surface area contributed by atoms with Crippen LogP contribution in [0.4, 0.5) is 22.0 Å². The first kappa shape index (κ1) is 14.8. The van der Waals surface area contributed by atoms with Crippen molar-refractivity contribution >= 4 is 29.1 Å². The number of nitrogens with zero attached hydrogens (tertiary/aromatic N) is 1. The second-order valence-corrected chi connectivity index (χ2v) is 3.94. The average Bonchev–Trinajstić information content (AvgIpc) is 2.09. The van der Waals surface area contributed by atoms with Crippen molar-refractivity contribution in [1.82, 2.24) is 0 Å². The van der Waals surface area contributed by atoms with Crippen LogP contribution in [-0.4, -0.2) is 28.9 Å². The van der Waals surface area contributed by atoms with E-state index in [0.29, 0.717) is 13.0 Å². The van der Waals surface area contributed by atoms with Crippen LogP contribution in [0, 0.1) is 0 Å². The number of halogens is 5. The SMILES string of the molecule is FC(F)(F)C(F)(F)SCCCCN=C=S. The molecule has 0 amide bonds. The molecule has 0 aromatic rings. The molecule has 0 aliphatic carbocycles. The quantitative estimate of drug-likeness (QED) is 0.314. The molecule has 0 aliphatic heterocycles. The maximum absolute atomic E-state index is 12.3. The van der Waals surface area contributed by atoms with Crippen molar-refractivity contribution in [3.8, 4) is 0 Å². The van der Waals surface area contributed by atoms with Gasteiger partial charge in [-0.25, -0.2) is 4.99 Å². The van der Waals surface area contributed by atoms with Crippen LogP contribution in [0.5, 0.6) is 0 Å². The third kappa shape index (κ3) is 6.06. The Bertz CT molecular complexity index is 234. The van der Waals surface area contributed by atoms with E-state index in [4.69, 9.17) is 0 Å². The molecule has 0 spiro atoms. The van der Waals surface area contributed by atoms with Gasteiger partial charge in [-0.05, 0) is 30.8 Å². The Morgan fingerprint density at radius 2 is 1.73 bits per heavy atom. The van der Waals surface area contributed by atoms with E-state index in [9.17, 15) is 22.0 Å². The number of aliphatic imine (C=N–C) groups is 1. The zero-order valence-corrected chi connectivity index (χ0v) is 9.11. The number of alkyl halides is 5. The second-order valence-electron chi connectivity index (χ2n) is 2.54. The number of isothiocyanates is 1. The van der Waals surface area contributed by atoms with Gasteiger partial charge in [0.25, 0.3) is 0 Å². The van der Waals surface area contributed by atoms with E-state index in [0.717, 1.165) is 0 Å². The van der Waals surface area contributed by atoms with Crippen molar-refractivity contribution in [3.63, 3.8) is 0 Å². The van der Waals surface area contributed by atoms with E-state index < -0.39 is 23.2 Å². The van der Waals surface area contributed by atoms with Crippen LogP contribution < -0.4 is 0 Å². The van der Waals surface area contributed by atoms with Crippen molar-refractivity contribution < 1.29 is 22.0 Å². The number of rotatable bonds is 6. The summed E-state index contributed by atoms with van der Waals surface area (Å²) in [6.07, 6.45) is -4.83. The molecule has 0 atom stereocenters. The molecule has 0 heterocycles. The van der Waals surface area contributed by atoms with E-state index in [1.807, 2.05) is 0 Å². The molecule has 0 aliphatic rings. The van der Waals surface area contributed by atoms with E-state index in [1.54, 1.807) is 0 Å². The summed E-state index contributed by atoms with van der Waals surface area (Å²) in [7, 11) is 0. The Morgan fingerprint density at radius 1 is 1.13 bits per heavy atom. The maximum Gasteiger partial charge on any atom is 0.464 e. The first-order chi connectivity index (χ1) is 6.81. The third-order valence-electron chi connectivity index (χ3n) is 1.34. The van der Waals surface area contributed by atoms with Crippen LogP contribution in [-0.2, 0) is 0 Å². The Kier molecular flexibility index (Phi) is 6.31. The maximum atomic E-state index is 12.3. The smallest absolute Gasteiger partial charge is 0.233 e. The van der Waals surface area contributed by atoms with Gasteiger partial charge in [0.05, 0.1) is 5.16 Å². The molecule has 15 heavy (non-hydrogen) atoms. The summed E-state index contributed by atoms with van der Waals surface area (Å²) in [5.74, 6) is -0.264. The zero-order valence-electron chi connectivity index (χ0n) is 7.48. The Morgan fingerprint density at radius 3 is 2.20 bits per heavy atom. The van der Waals surface area contributed by atoms with Crippen LogP contribution in [0.3, 0.4) is 0 Å². The average molecular weight is 265 g/mol. The van der Waals surface area contributed by atoms with E-state index >= 15 is 0 Å². The lowest BCUT2D eigenvalue weighted by molar-refractivity contribution is -0.237. The summed E-state index contributed by atoms with van der Waals surface area (Å²) in [5.41, 5.74) is 0. The minimum Gasteiger partial charge on any atom is -0.233 e. The molecule has 0 unspecified atom stereocenters. The molecule has 88 valence electrons. The normalized spacial score (nSPS) is 12.3. The fourth-order valence-corrected chi connectivity index (χ4v) is 1.48. The molecule has 8 heteroatoms. The molecular weight excluding hydrogens is 257 g/mol. The topological polar surface area (TPSA) is 12.4 Å². The summed E-state index contributed by atoms with van der Waals surface area (Å²) < 4.78 is 59.5. The Balaban J connectivity index is 3.71. The molecular formula is C7H8F5NS2. The molecule has 0 saturated carbocycles. The van der Waals surface area contributed by atoms with Gasteiger partial charge in [0.15, 0.2) is 0 Å². The van der Waals surface area contributed by atoms with Crippen LogP contribution >= 0.6 is 24.0 Å². The largest absolute Gasteiger partial charge is 0.464 e. The highest BCUT2D eigenvalue weighted by atomic mass is 32.2. The summed E-state index contributed by atoms with van der Waals surface area (Å²) in [6.45, 7) is 0.307. The molecule has 0 radical (unpaired) electrons. The van der Waals surface area contributed by atoms with Crippen molar-refractivity contribution in [2.75, 3.05) is 12.3 Å². The molecule has 0 fully saturated rings. The van der Waals surface area contributed by atoms with Crippen LogP contribution in [0.25, 0.3) is 0 Å². The highest BCUT2D eigenvalue weighted by molar-refractivity contribution is 8.00. The highest BCUT2D eigenvalue weighted by Gasteiger charge is 2.57. The van der Waals surface area contributed by atoms with Crippen molar-refractivity contribution in [1.29, 1.82) is 0 Å². The van der Waals surface area contributed by atoms with Gasteiger partial charge in [-0.1, -0.05) is 11.8 Å². The second kappa shape index (κ2) is 6.40. The number of thioether (sulfide) groups is 1. The summed E-state index contributed by atoms with van der Waals surface area (Å²) in [6, 6.07) is 0. The van der Waals surface area contributed by atoms with Crippen molar-refractivity contribution in [2.24, 2.45) is 4.99 Å². The predicted molar refractivity (Wildman–Crippen MR) is 52.6 cm³/mol. The van der Waals surface area contributed by atoms with Gasteiger partial charge >= 0.3 is 11.4 Å². The fourth-order valence-electron chi connectivity index (χ4n) is 0.621. The first-order valence-electron chi connectivity index (χ1n) is 3.93. The van der Waals surface area contributed by atoms with Gasteiger partial charge in [-0.2, -0.15) is 22.0 Å². The minimum absolute atomic E-state index is 0.233. The third-order valence-corrected chi connectivity index (χ3v) is 2.56. The molecule has 0 aromatic carbocycles. The molecule has 0 saturated heterocycles. The van der Waals surface area contributed by atoms with Gasteiger partial charge < -0.3 is 0 Å². The van der Waals surface area contributed by atoms with Crippen LogP contribution in [0.2, 0.25) is 0 Å². The van der Waals surface area contributed by atoms with Crippen LogP contribution in [0.15, 0.2) is 4.99 Å². The molecule has 0 N–H and O–H groups in total. The van der Waals surface area contributed by atoms with E-state index in [2.05, 4.69) is 22.4 Å². The minimum atomic E-state index is -5.48.